The summed E-state index contributed by atoms with van der Waals surface area (Å²) in [5.74, 6) is -0.599. The number of nitrogens with one attached hydrogen (secondary N) is 1. The Hall–Kier alpha value is -1.21. The van der Waals surface area contributed by atoms with Crippen molar-refractivity contribution in [2.75, 3.05) is 6.61 Å². The van der Waals surface area contributed by atoms with E-state index in [1.807, 2.05) is 0 Å². The van der Waals surface area contributed by atoms with Crippen LogP contribution < -0.4 is 5.32 Å². The summed E-state index contributed by atoms with van der Waals surface area (Å²) in [7, 11) is 0. The molecule has 4 atom stereocenters. The fraction of sp³-hybridized carbons (Fsp3) is 0.861. The van der Waals surface area contributed by atoms with Gasteiger partial charge in [0.05, 0.1) is 18.8 Å². The van der Waals surface area contributed by atoms with Crippen LogP contribution in [0.2, 0.25) is 0 Å². The molecule has 248 valence electrons. The van der Waals surface area contributed by atoms with Gasteiger partial charge in [-0.05, 0) is 38.5 Å². The van der Waals surface area contributed by atoms with Gasteiger partial charge in [0.15, 0.2) is 0 Å². The molecule has 0 aliphatic rings. The van der Waals surface area contributed by atoms with E-state index in [1.165, 1.54) is 77.0 Å². The van der Waals surface area contributed by atoms with Gasteiger partial charge in [0.2, 0.25) is 5.91 Å². The molecule has 0 bridgehead atoms. The highest BCUT2D eigenvalue weighted by Crippen LogP contribution is 2.15. The Morgan fingerprint density at radius 2 is 1.00 bits per heavy atom. The first-order valence-electron chi connectivity index (χ1n) is 17.7. The maximum atomic E-state index is 12.4. The fourth-order valence-corrected chi connectivity index (χ4v) is 5.27. The third kappa shape index (κ3) is 25.3. The summed E-state index contributed by atoms with van der Waals surface area (Å²) < 4.78 is 0. The molecule has 42 heavy (non-hydrogen) atoms. The van der Waals surface area contributed by atoms with E-state index < -0.39 is 36.9 Å². The van der Waals surface area contributed by atoms with Crippen LogP contribution >= 0.6 is 0 Å². The van der Waals surface area contributed by atoms with E-state index >= 15 is 0 Å². The average Bonchev–Trinajstić information content (AvgIpc) is 2.99. The number of aliphatic hydroxyl groups excluding tert-OH is 4. The van der Waals surface area contributed by atoms with Crippen LogP contribution in [0.1, 0.15) is 168 Å². The summed E-state index contributed by atoms with van der Waals surface area (Å²) in [5.41, 5.74) is 0. The Balaban J connectivity index is 3.88. The fourth-order valence-electron chi connectivity index (χ4n) is 5.27. The number of hydrogen-bond donors (Lipinski definition) is 5. The highest BCUT2D eigenvalue weighted by atomic mass is 16.3. The smallest absolute Gasteiger partial charge is 0.249 e. The molecule has 0 aromatic carbocycles. The summed E-state index contributed by atoms with van der Waals surface area (Å²) in [6, 6.07) is -0.987. The molecular weight excluding hydrogens is 526 g/mol. The molecule has 0 aromatic heterocycles. The van der Waals surface area contributed by atoms with Gasteiger partial charge >= 0.3 is 0 Å². The molecule has 0 spiro atoms. The van der Waals surface area contributed by atoms with Crippen LogP contribution in [0.3, 0.4) is 0 Å². The maximum Gasteiger partial charge on any atom is 0.249 e. The molecule has 0 aliphatic heterocycles. The second-order valence-corrected chi connectivity index (χ2v) is 12.2. The average molecular weight is 596 g/mol. The van der Waals surface area contributed by atoms with Crippen LogP contribution in [0.15, 0.2) is 24.3 Å². The summed E-state index contributed by atoms with van der Waals surface area (Å²) in [6.45, 7) is 3.98. The van der Waals surface area contributed by atoms with Crippen molar-refractivity contribution in [1.29, 1.82) is 0 Å². The van der Waals surface area contributed by atoms with Gasteiger partial charge in [0, 0.05) is 0 Å². The standard InChI is InChI=1S/C36H69NO5/c1-3-5-7-9-11-13-15-17-18-20-22-24-26-28-30-34(40)36(42)37-32(31-38)35(41)33(39)29-27-25-23-21-19-16-14-12-10-8-6-4-2/h11,13,15,17,32-35,38-41H,3-10,12,14,16,18-31H2,1-2H3,(H,37,42)/b13-11-,17-15-. The molecule has 6 heteroatoms. The summed E-state index contributed by atoms with van der Waals surface area (Å²) in [4.78, 5) is 12.4. The lowest BCUT2D eigenvalue weighted by Crippen LogP contribution is -2.53. The van der Waals surface area contributed by atoms with Crippen molar-refractivity contribution in [3.63, 3.8) is 0 Å². The van der Waals surface area contributed by atoms with Gasteiger partial charge in [0.25, 0.3) is 0 Å². The monoisotopic (exact) mass is 596 g/mol. The second kappa shape index (κ2) is 31.2. The number of carbonyl (C=O) groups excluding carboxylic acids is 1. The number of rotatable bonds is 31. The molecule has 0 aliphatic carbocycles. The van der Waals surface area contributed by atoms with E-state index in [4.69, 9.17) is 0 Å². The molecule has 0 rings (SSSR count). The van der Waals surface area contributed by atoms with Gasteiger partial charge in [-0.15, -0.1) is 0 Å². The molecule has 0 saturated heterocycles. The first kappa shape index (κ1) is 40.8. The van der Waals surface area contributed by atoms with Crippen molar-refractivity contribution < 1.29 is 25.2 Å². The van der Waals surface area contributed by atoms with E-state index in [9.17, 15) is 25.2 Å². The van der Waals surface area contributed by atoms with Crippen LogP contribution in [-0.2, 0) is 4.79 Å². The predicted octanol–water partition coefficient (Wildman–Crippen LogP) is 8.06. The zero-order valence-electron chi connectivity index (χ0n) is 27.5. The molecule has 1 amide bonds. The molecule has 0 fully saturated rings. The second-order valence-electron chi connectivity index (χ2n) is 12.2. The Kier molecular flexibility index (Phi) is 30.3. The van der Waals surface area contributed by atoms with E-state index in [0.29, 0.717) is 12.8 Å². The number of unbranched alkanes of at least 4 members (excludes halogenated alkanes) is 19. The Bertz CT molecular complexity index is 638. The summed E-state index contributed by atoms with van der Waals surface area (Å²) in [5, 5.41) is 43.3. The SMILES string of the molecule is CCCCC/C=C\C=C/CCCCCCCC(O)C(=O)NC(CO)C(O)C(O)CCCCCCCCCCCCCC. The lowest BCUT2D eigenvalue weighted by Gasteiger charge is -2.27. The highest BCUT2D eigenvalue weighted by molar-refractivity contribution is 5.80. The Morgan fingerprint density at radius 3 is 1.50 bits per heavy atom. The minimum absolute atomic E-state index is 0.351. The van der Waals surface area contributed by atoms with Crippen molar-refractivity contribution in [3.8, 4) is 0 Å². The van der Waals surface area contributed by atoms with Crippen molar-refractivity contribution in [1.82, 2.24) is 5.32 Å². The summed E-state index contributed by atoms with van der Waals surface area (Å²) >= 11 is 0. The minimum Gasteiger partial charge on any atom is -0.394 e. The lowest BCUT2D eigenvalue weighted by atomic mass is 9.99. The zero-order valence-corrected chi connectivity index (χ0v) is 27.5. The van der Waals surface area contributed by atoms with Crippen molar-refractivity contribution in [2.24, 2.45) is 0 Å². The van der Waals surface area contributed by atoms with Crippen LogP contribution in [0.25, 0.3) is 0 Å². The van der Waals surface area contributed by atoms with E-state index in [0.717, 1.165) is 64.2 Å². The molecule has 0 heterocycles. The topological polar surface area (TPSA) is 110 Å². The molecular formula is C36H69NO5. The largest absolute Gasteiger partial charge is 0.394 e. The van der Waals surface area contributed by atoms with Crippen LogP contribution in [0.4, 0.5) is 0 Å². The normalized spacial score (nSPS) is 14.9. The van der Waals surface area contributed by atoms with Crippen molar-refractivity contribution >= 4 is 5.91 Å². The third-order valence-electron chi connectivity index (χ3n) is 8.19. The molecule has 0 radical (unpaired) electrons. The molecule has 6 nitrogen and oxygen atoms in total. The number of allylic oxidation sites excluding steroid dienone is 4. The molecule has 0 aromatic rings. The quantitative estimate of drug-likeness (QED) is 0.0411. The molecule has 5 N–H and O–H groups in total. The van der Waals surface area contributed by atoms with Crippen molar-refractivity contribution in [3.05, 3.63) is 24.3 Å². The van der Waals surface area contributed by atoms with Gasteiger partial charge in [0.1, 0.15) is 12.2 Å². The van der Waals surface area contributed by atoms with Gasteiger partial charge in [-0.3, -0.25) is 4.79 Å². The van der Waals surface area contributed by atoms with Crippen LogP contribution in [0.5, 0.6) is 0 Å². The van der Waals surface area contributed by atoms with Gasteiger partial charge in [-0.25, -0.2) is 0 Å². The Labute approximate surface area is 259 Å². The van der Waals surface area contributed by atoms with Gasteiger partial charge in [-0.1, -0.05) is 154 Å². The minimum atomic E-state index is -1.26. The van der Waals surface area contributed by atoms with Crippen LogP contribution in [-0.4, -0.2) is 57.3 Å². The van der Waals surface area contributed by atoms with E-state index in [1.54, 1.807) is 0 Å². The zero-order chi connectivity index (χ0) is 31.1. The van der Waals surface area contributed by atoms with Crippen LogP contribution in [0, 0.1) is 0 Å². The maximum absolute atomic E-state index is 12.4. The van der Waals surface area contributed by atoms with E-state index in [-0.39, 0.29) is 0 Å². The highest BCUT2D eigenvalue weighted by Gasteiger charge is 2.28. The third-order valence-corrected chi connectivity index (χ3v) is 8.19. The van der Waals surface area contributed by atoms with E-state index in [2.05, 4.69) is 43.5 Å². The summed E-state index contributed by atoms with van der Waals surface area (Å²) in [6.07, 6.45) is 31.9. The number of amides is 1. The Morgan fingerprint density at radius 1 is 0.595 bits per heavy atom. The number of carbonyl (C=O) groups is 1. The molecule has 4 unspecified atom stereocenters. The first-order chi connectivity index (χ1) is 20.5. The first-order valence-corrected chi connectivity index (χ1v) is 17.7. The molecule has 0 saturated carbocycles. The van der Waals surface area contributed by atoms with Gasteiger partial charge < -0.3 is 25.7 Å². The van der Waals surface area contributed by atoms with Crippen molar-refractivity contribution in [2.45, 2.75) is 192 Å². The predicted molar refractivity (Wildman–Crippen MR) is 177 cm³/mol. The lowest BCUT2D eigenvalue weighted by molar-refractivity contribution is -0.132. The number of hydrogen-bond acceptors (Lipinski definition) is 5. The number of aliphatic hydroxyl groups is 4. The van der Waals surface area contributed by atoms with Gasteiger partial charge in [-0.2, -0.15) is 0 Å².